The smallest absolute Gasteiger partial charge is 0.306 e. The average Bonchev–Trinajstić information content (AvgIpc) is 3.22. The van der Waals surface area contributed by atoms with Crippen molar-refractivity contribution in [2.24, 2.45) is 0 Å². The minimum absolute atomic E-state index is 0.0237. The average molecular weight is 818 g/mol. The lowest BCUT2D eigenvalue weighted by atomic mass is 10.0. The quantitative estimate of drug-likeness (QED) is 0.0323. The van der Waals surface area contributed by atoms with Gasteiger partial charge in [0.2, 0.25) is 5.91 Å². The van der Waals surface area contributed by atoms with Crippen molar-refractivity contribution < 1.29 is 24.5 Å². The molecule has 1 amide bonds. The van der Waals surface area contributed by atoms with Gasteiger partial charge in [-0.15, -0.1) is 0 Å². The highest BCUT2D eigenvalue weighted by Crippen LogP contribution is 2.17. The molecular formula is C52H99NO5. The van der Waals surface area contributed by atoms with Gasteiger partial charge in [0.15, 0.2) is 0 Å². The van der Waals surface area contributed by atoms with E-state index in [-0.39, 0.29) is 24.9 Å². The summed E-state index contributed by atoms with van der Waals surface area (Å²) < 4.78 is 5.82. The Kier molecular flexibility index (Phi) is 45.1. The van der Waals surface area contributed by atoms with Gasteiger partial charge in [-0.2, -0.15) is 0 Å². The summed E-state index contributed by atoms with van der Waals surface area (Å²) in [5.41, 5.74) is 0. The lowest BCUT2D eigenvalue weighted by Gasteiger charge is -2.23. The molecule has 0 heterocycles. The summed E-state index contributed by atoms with van der Waals surface area (Å²) in [6.07, 6.45) is 52.8. The molecule has 0 radical (unpaired) electrons. The largest absolute Gasteiger partial charge is 0.458 e. The number of amides is 1. The lowest BCUT2D eigenvalue weighted by Crippen LogP contribution is -2.46. The first-order valence-electron chi connectivity index (χ1n) is 25.6. The Hall–Kier alpha value is -1.66. The summed E-state index contributed by atoms with van der Waals surface area (Å²) in [5, 5.41) is 23.6. The number of rotatable bonds is 46. The summed E-state index contributed by atoms with van der Waals surface area (Å²) in [6.45, 7) is 6.44. The molecule has 0 bridgehead atoms. The molecule has 58 heavy (non-hydrogen) atoms. The number of carbonyl (C=O) groups excluding carboxylic acids is 2. The van der Waals surface area contributed by atoms with E-state index in [1.165, 1.54) is 180 Å². The molecule has 0 saturated carbocycles. The molecule has 0 fully saturated rings. The molecule has 0 aliphatic carbocycles. The molecule has 6 nitrogen and oxygen atoms in total. The summed E-state index contributed by atoms with van der Waals surface area (Å²) in [5.74, 6) is -0.591. The minimum atomic E-state index is -0.804. The first-order valence-corrected chi connectivity index (χ1v) is 25.6. The predicted octanol–water partition coefficient (Wildman–Crippen LogP) is 15.1. The molecule has 0 rings (SSSR count). The molecule has 3 atom stereocenters. The summed E-state index contributed by atoms with van der Waals surface area (Å²) in [7, 11) is 0. The Morgan fingerprint density at radius 1 is 0.517 bits per heavy atom. The van der Waals surface area contributed by atoms with Crippen LogP contribution in [0.3, 0.4) is 0 Å². The molecule has 6 heteroatoms. The SMILES string of the molecule is CCCCCCCC/C=C\C/C=C/C(CC(=O)NC(CO)C(O)CCCCCCCCCCC)OC(=O)CCCCCCCCCCCCCCCCCCCCC. The number of allylic oxidation sites excluding steroid dienone is 3. The fraction of sp³-hybridized carbons (Fsp3) is 0.885. The molecule has 0 aliphatic rings. The number of esters is 1. The molecular weight excluding hydrogens is 719 g/mol. The van der Waals surface area contributed by atoms with Crippen LogP contribution in [0.1, 0.15) is 271 Å². The maximum atomic E-state index is 13.1. The number of hydrogen-bond donors (Lipinski definition) is 3. The Labute approximate surface area is 361 Å². The normalized spacial score (nSPS) is 13.4. The van der Waals surface area contributed by atoms with Crippen LogP contribution in [0.5, 0.6) is 0 Å². The third-order valence-corrected chi connectivity index (χ3v) is 11.8. The van der Waals surface area contributed by atoms with Crippen molar-refractivity contribution in [1.29, 1.82) is 0 Å². The van der Waals surface area contributed by atoms with Crippen LogP contribution in [0.4, 0.5) is 0 Å². The summed E-state index contributed by atoms with van der Waals surface area (Å²) >= 11 is 0. The van der Waals surface area contributed by atoms with Gasteiger partial charge >= 0.3 is 5.97 Å². The second kappa shape index (κ2) is 46.4. The van der Waals surface area contributed by atoms with E-state index in [4.69, 9.17) is 4.74 Å². The van der Waals surface area contributed by atoms with Crippen molar-refractivity contribution in [3.63, 3.8) is 0 Å². The van der Waals surface area contributed by atoms with E-state index >= 15 is 0 Å². The third-order valence-electron chi connectivity index (χ3n) is 11.8. The summed E-state index contributed by atoms with van der Waals surface area (Å²) in [6, 6.07) is -0.726. The standard InChI is InChI=1S/C52H99NO5/c1-4-7-10-13-16-19-21-22-23-24-25-26-27-28-30-33-36-39-42-45-52(57)58-48(43-40-37-34-32-29-20-17-14-11-8-5-2)46-51(56)53-49(47-54)50(55)44-41-38-35-31-18-15-12-9-6-3/h32,34,40,43,48-50,54-55H,4-31,33,35-39,41-42,44-47H2,1-3H3,(H,53,56)/b34-32-,43-40+. The molecule has 3 unspecified atom stereocenters. The number of hydrogen-bond acceptors (Lipinski definition) is 5. The van der Waals surface area contributed by atoms with Crippen molar-refractivity contribution in [2.45, 2.75) is 289 Å². The second-order valence-corrected chi connectivity index (χ2v) is 17.6. The maximum absolute atomic E-state index is 13.1. The fourth-order valence-electron chi connectivity index (χ4n) is 7.87. The van der Waals surface area contributed by atoms with Crippen molar-refractivity contribution in [3.8, 4) is 0 Å². The fourth-order valence-corrected chi connectivity index (χ4v) is 7.87. The van der Waals surface area contributed by atoms with E-state index in [9.17, 15) is 19.8 Å². The number of aliphatic hydroxyl groups is 2. The van der Waals surface area contributed by atoms with E-state index in [0.717, 1.165) is 51.4 Å². The van der Waals surface area contributed by atoms with Gasteiger partial charge < -0.3 is 20.3 Å². The van der Waals surface area contributed by atoms with Crippen LogP contribution < -0.4 is 5.32 Å². The van der Waals surface area contributed by atoms with Gasteiger partial charge in [0.05, 0.1) is 25.2 Å². The topological polar surface area (TPSA) is 95.9 Å². The van der Waals surface area contributed by atoms with Crippen LogP contribution >= 0.6 is 0 Å². The third kappa shape index (κ3) is 41.1. The van der Waals surface area contributed by atoms with Crippen molar-refractivity contribution in [3.05, 3.63) is 24.3 Å². The molecule has 0 aromatic heterocycles. The Balaban J connectivity index is 4.49. The van der Waals surface area contributed by atoms with Crippen LogP contribution in [0.2, 0.25) is 0 Å². The van der Waals surface area contributed by atoms with Gasteiger partial charge in [0.25, 0.3) is 0 Å². The van der Waals surface area contributed by atoms with E-state index in [0.29, 0.717) is 12.8 Å². The molecule has 0 aromatic carbocycles. The van der Waals surface area contributed by atoms with Crippen LogP contribution in [0, 0.1) is 0 Å². The first kappa shape index (κ1) is 56.3. The molecule has 3 N–H and O–H groups in total. The van der Waals surface area contributed by atoms with E-state index < -0.39 is 18.2 Å². The van der Waals surface area contributed by atoms with Crippen molar-refractivity contribution >= 4 is 11.9 Å². The number of aliphatic hydroxyl groups excluding tert-OH is 2. The van der Waals surface area contributed by atoms with Gasteiger partial charge in [-0.3, -0.25) is 9.59 Å². The Bertz CT molecular complexity index is 919. The Morgan fingerprint density at radius 3 is 1.34 bits per heavy atom. The van der Waals surface area contributed by atoms with Gasteiger partial charge in [-0.1, -0.05) is 244 Å². The Morgan fingerprint density at radius 2 is 0.914 bits per heavy atom. The zero-order chi connectivity index (χ0) is 42.4. The molecule has 0 aliphatic heterocycles. The van der Waals surface area contributed by atoms with Crippen molar-refractivity contribution in [1.82, 2.24) is 5.32 Å². The predicted molar refractivity (Wildman–Crippen MR) is 250 cm³/mol. The van der Waals surface area contributed by atoms with Crippen LogP contribution in [0.25, 0.3) is 0 Å². The first-order chi connectivity index (χ1) is 28.5. The van der Waals surface area contributed by atoms with Gasteiger partial charge in [0.1, 0.15) is 6.10 Å². The number of unbranched alkanes of at least 4 members (excludes halogenated alkanes) is 32. The molecule has 0 saturated heterocycles. The summed E-state index contributed by atoms with van der Waals surface area (Å²) in [4.78, 5) is 26.0. The zero-order valence-electron chi connectivity index (χ0n) is 38.9. The highest BCUT2D eigenvalue weighted by molar-refractivity contribution is 5.78. The number of nitrogens with one attached hydrogen (secondary N) is 1. The van der Waals surface area contributed by atoms with Crippen LogP contribution in [-0.4, -0.2) is 46.9 Å². The van der Waals surface area contributed by atoms with E-state index in [1.54, 1.807) is 0 Å². The lowest BCUT2D eigenvalue weighted by molar-refractivity contribution is -0.148. The minimum Gasteiger partial charge on any atom is -0.458 e. The molecule has 0 aromatic rings. The highest BCUT2D eigenvalue weighted by atomic mass is 16.5. The zero-order valence-corrected chi connectivity index (χ0v) is 38.9. The van der Waals surface area contributed by atoms with E-state index in [1.807, 2.05) is 12.2 Å². The second-order valence-electron chi connectivity index (χ2n) is 17.6. The number of ether oxygens (including phenoxy) is 1. The monoisotopic (exact) mass is 818 g/mol. The van der Waals surface area contributed by atoms with Crippen LogP contribution in [-0.2, 0) is 14.3 Å². The number of carbonyl (C=O) groups is 2. The van der Waals surface area contributed by atoms with Crippen LogP contribution in [0.15, 0.2) is 24.3 Å². The highest BCUT2D eigenvalue weighted by Gasteiger charge is 2.23. The molecule has 342 valence electrons. The maximum Gasteiger partial charge on any atom is 0.306 e. The van der Waals surface area contributed by atoms with Gasteiger partial charge in [0, 0.05) is 6.42 Å². The van der Waals surface area contributed by atoms with E-state index in [2.05, 4.69) is 38.2 Å². The van der Waals surface area contributed by atoms with Crippen molar-refractivity contribution in [2.75, 3.05) is 6.61 Å². The van der Waals surface area contributed by atoms with Gasteiger partial charge in [-0.25, -0.2) is 0 Å². The van der Waals surface area contributed by atoms with Gasteiger partial charge in [-0.05, 0) is 38.2 Å². The molecule has 0 spiro atoms.